The summed E-state index contributed by atoms with van der Waals surface area (Å²) in [6.07, 6.45) is 17.5. The van der Waals surface area contributed by atoms with E-state index in [0.29, 0.717) is 0 Å². The number of epoxide rings is 1. The van der Waals surface area contributed by atoms with Gasteiger partial charge in [0.15, 0.2) is 6.23 Å². The van der Waals surface area contributed by atoms with Crippen molar-refractivity contribution in [1.82, 2.24) is 4.90 Å². The highest BCUT2D eigenvalue weighted by atomic mass is 79.9. The van der Waals surface area contributed by atoms with Crippen LogP contribution in [0.2, 0.25) is 0 Å². The second-order valence-corrected chi connectivity index (χ2v) is 16.3. The zero-order valence-corrected chi connectivity index (χ0v) is 28.3. The fraction of sp³-hybridized carbons (Fsp3) is 0.606. The topological polar surface area (TPSA) is 32.8 Å². The highest BCUT2D eigenvalue weighted by molar-refractivity contribution is 9.11. The molecule has 2 aliphatic rings. The van der Waals surface area contributed by atoms with Gasteiger partial charge in [0.1, 0.15) is 6.10 Å². The second-order valence-electron chi connectivity index (χ2n) is 11.5. The summed E-state index contributed by atoms with van der Waals surface area (Å²) in [6, 6.07) is 8.93. The number of aryl methyl sites for hydroxylation is 1. The van der Waals surface area contributed by atoms with E-state index in [0.717, 1.165) is 32.6 Å². The van der Waals surface area contributed by atoms with Crippen LogP contribution in [0.15, 0.2) is 28.1 Å². The Morgan fingerprint density at radius 2 is 1.40 bits per heavy atom. The monoisotopic (exact) mass is 661 g/mol. The molecule has 40 heavy (non-hydrogen) atoms. The zero-order chi connectivity index (χ0) is 28.1. The molecule has 0 N–H and O–H groups in total. The normalized spacial score (nSPS) is 18.0. The quantitative estimate of drug-likeness (QED) is 0.106. The maximum absolute atomic E-state index is 14.5. The maximum atomic E-state index is 14.5. The molecular formula is C33H44BrNO2S3. The molecule has 1 fully saturated rings. The van der Waals surface area contributed by atoms with Gasteiger partial charge in [-0.3, -0.25) is 4.79 Å². The average molecular weight is 663 g/mol. The standard InChI is InChI=1S/C33H44BrNO2S3/c1-4-6-8-10-12-14-16-23(17-15-13-11-9-7-5-2)35-32(36)28-27(29-33(35)37-29)30(25-20-21-26(34)39-25)40-31(28)24-19-18-22(3)38-24/h18-21,23,29,33H,4-17H2,1-3H3. The molecule has 1 amide bonds. The highest BCUT2D eigenvalue weighted by Gasteiger charge is 2.57. The smallest absolute Gasteiger partial charge is 0.258 e. The van der Waals surface area contributed by atoms with Crippen molar-refractivity contribution >= 4 is 55.8 Å². The molecule has 0 radical (unpaired) electrons. The molecule has 0 saturated carbocycles. The Morgan fingerprint density at radius 3 is 1.98 bits per heavy atom. The Morgan fingerprint density at radius 1 is 0.800 bits per heavy atom. The lowest BCUT2D eigenvalue weighted by atomic mass is 9.93. The molecule has 3 aromatic heterocycles. The number of carbonyl (C=O) groups excluding carboxylic acids is 1. The van der Waals surface area contributed by atoms with Crippen LogP contribution in [0.1, 0.15) is 131 Å². The SMILES string of the molecule is CCCCCCCCC(CCCCCCCC)N1C(=O)c2c(-c3ccc(C)s3)sc(-c3ccc(Br)s3)c2C2OC21. The Balaban J connectivity index is 1.41. The largest absolute Gasteiger partial charge is 0.342 e. The first-order chi connectivity index (χ1) is 19.5. The first kappa shape index (κ1) is 30.5. The molecule has 2 unspecified atom stereocenters. The van der Waals surface area contributed by atoms with Crippen molar-refractivity contribution in [1.29, 1.82) is 0 Å². The van der Waals surface area contributed by atoms with Crippen LogP contribution in [0.4, 0.5) is 0 Å². The van der Waals surface area contributed by atoms with E-state index in [9.17, 15) is 4.79 Å². The highest BCUT2D eigenvalue weighted by Crippen LogP contribution is 2.58. The van der Waals surface area contributed by atoms with E-state index < -0.39 is 0 Å². The lowest BCUT2D eigenvalue weighted by Gasteiger charge is -2.33. The van der Waals surface area contributed by atoms with Gasteiger partial charge in [0.05, 0.1) is 19.1 Å². The number of fused-ring (bicyclic) bond motifs is 3. The van der Waals surface area contributed by atoms with Crippen LogP contribution in [0.5, 0.6) is 0 Å². The van der Waals surface area contributed by atoms with E-state index in [4.69, 9.17) is 4.74 Å². The van der Waals surface area contributed by atoms with Crippen molar-refractivity contribution in [2.75, 3.05) is 0 Å². The minimum Gasteiger partial charge on any atom is -0.342 e. The van der Waals surface area contributed by atoms with Crippen molar-refractivity contribution in [3.8, 4) is 19.5 Å². The first-order valence-electron chi connectivity index (χ1n) is 15.5. The molecule has 5 rings (SSSR count). The Kier molecular flexibility index (Phi) is 11.0. The Bertz CT molecular complexity index is 1240. The molecule has 0 bridgehead atoms. The van der Waals surface area contributed by atoms with Crippen LogP contribution in [-0.4, -0.2) is 23.1 Å². The molecule has 218 valence electrons. The third-order valence-corrected chi connectivity index (χ3v) is 12.5. The number of halogens is 1. The van der Waals surface area contributed by atoms with Gasteiger partial charge in [-0.2, -0.15) is 0 Å². The number of hydrogen-bond donors (Lipinski definition) is 0. The number of rotatable bonds is 17. The summed E-state index contributed by atoms with van der Waals surface area (Å²) in [5.74, 6) is 0.204. The van der Waals surface area contributed by atoms with Gasteiger partial charge in [-0.15, -0.1) is 34.0 Å². The molecule has 2 aliphatic heterocycles. The second kappa shape index (κ2) is 14.5. The van der Waals surface area contributed by atoms with Crippen LogP contribution < -0.4 is 0 Å². The van der Waals surface area contributed by atoms with E-state index in [1.807, 2.05) is 0 Å². The van der Waals surface area contributed by atoms with E-state index in [-0.39, 0.29) is 24.3 Å². The van der Waals surface area contributed by atoms with Gasteiger partial charge < -0.3 is 9.64 Å². The van der Waals surface area contributed by atoms with E-state index >= 15 is 0 Å². The van der Waals surface area contributed by atoms with E-state index in [1.54, 1.807) is 34.0 Å². The minimum absolute atomic E-state index is 0.00578. The molecule has 3 nitrogen and oxygen atoms in total. The first-order valence-corrected chi connectivity index (χ1v) is 18.7. The Hall–Kier alpha value is -0.990. The van der Waals surface area contributed by atoms with Gasteiger partial charge in [0, 0.05) is 26.2 Å². The van der Waals surface area contributed by atoms with Gasteiger partial charge in [-0.25, -0.2) is 0 Å². The number of nitrogens with zero attached hydrogens (tertiary/aromatic N) is 1. The molecule has 0 spiro atoms. The molecule has 5 heterocycles. The fourth-order valence-electron chi connectivity index (χ4n) is 6.17. The molecule has 0 aliphatic carbocycles. The molecule has 0 aromatic carbocycles. The van der Waals surface area contributed by atoms with Gasteiger partial charge >= 0.3 is 0 Å². The van der Waals surface area contributed by atoms with Gasteiger partial charge in [-0.1, -0.05) is 90.9 Å². The maximum Gasteiger partial charge on any atom is 0.258 e. The number of amides is 1. The third kappa shape index (κ3) is 6.96. The molecule has 3 aromatic rings. The van der Waals surface area contributed by atoms with Crippen molar-refractivity contribution in [2.24, 2.45) is 0 Å². The summed E-state index contributed by atoms with van der Waals surface area (Å²) < 4.78 is 7.54. The lowest BCUT2D eigenvalue weighted by Crippen LogP contribution is -2.45. The van der Waals surface area contributed by atoms with Crippen LogP contribution >= 0.6 is 49.9 Å². The molecule has 1 saturated heterocycles. The molecule has 2 atom stereocenters. The number of thiophene rings is 3. The molecular weight excluding hydrogens is 618 g/mol. The number of hydrogen-bond acceptors (Lipinski definition) is 5. The predicted octanol–water partition coefficient (Wildman–Crippen LogP) is 12.0. The van der Waals surface area contributed by atoms with Crippen LogP contribution in [0.25, 0.3) is 19.5 Å². The van der Waals surface area contributed by atoms with Gasteiger partial charge in [-0.05, 0) is 60.0 Å². The molecule has 7 heteroatoms. The number of unbranched alkanes of at least 4 members (excludes halogenated alkanes) is 10. The van der Waals surface area contributed by atoms with Crippen molar-refractivity contribution < 1.29 is 9.53 Å². The zero-order valence-electron chi connectivity index (χ0n) is 24.3. The van der Waals surface area contributed by atoms with Crippen LogP contribution in [0, 0.1) is 6.92 Å². The summed E-state index contributed by atoms with van der Waals surface area (Å²) in [5, 5.41) is 0. The number of carbonyl (C=O) groups is 1. The van der Waals surface area contributed by atoms with E-state index in [1.165, 1.54) is 96.6 Å². The summed E-state index contributed by atoms with van der Waals surface area (Å²) in [4.78, 5) is 22.8. The van der Waals surface area contributed by atoms with Crippen molar-refractivity contribution in [3.63, 3.8) is 0 Å². The van der Waals surface area contributed by atoms with Crippen LogP contribution in [0.3, 0.4) is 0 Å². The summed E-state index contributed by atoms with van der Waals surface area (Å²) in [5.41, 5.74) is 2.06. The fourth-order valence-corrected chi connectivity index (χ4v) is 9.99. The summed E-state index contributed by atoms with van der Waals surface area (Å²) in [7, 11) is 0. The summed E-state index contributed by atoms with van der Waals surface area (Å²) in [6.45, 7) is 6.70. The Labute approximate surface area is 261 Å². The van der Waals surface area contributed by atoms with Gasteiger partial charge in [0.25, 0.3) is 5.91 Å². The summed E-state index contributed by atoms with van der Waals surface area (Å²) >= 11 is 8.98. The predicted molar refractivity (Wildman–Crippen MR) is 177 cm³/mol. The number of ether oxygens (including phenoxy) is 1. The van der Waals surface area contributed by atoms with Crippen molar-refractivity contribution in [2.45, 2.75) is 129 Å². The lowest BCUT2D eigenvalue weighted by molar-refractivity contribution is 0.0523. The average Bonchev–Trinajstić information content (AvgIpc) is 3.24. The van der Waals surface area contributed by atoms with E-state index in [2.05, 4.69) is 65.9 Å². The van der Waals surface area contributed by atoms with Gasteiger partial charge in [0.2, 0.25) is 0 Å². The van der Waals surface area contributed by atoms with Crippen molar-refractivity contribution in [3.05, 3.63) is 44.1 Å². The van der Waals surface area contributed by atoms with Crippen LogP contribution in [-0.2, 0) is 4.74 Å². The minimum atomic E-state index is -0.0974. The third-order valence-electron chi connectivity index (χ3n) is 8.36.